The van der Waals surface area contributed by atoms with Crippen LogP contribution in [0.15, 0.2) is 36.4 Å². The molecule has 3 N–H and O–H groups in total. The fourth-order valence-electron chi connectivity index (χ4n) is 1.53. The molecule has 2 aromatic rings. The van der Waals surface area contributed by atoms with E-state index in [1.165, 1.54) is 12.1 Å². The molecule has 0 aliphatic rings. The van der Waals surface area contributed by atoms with Crippen LogP contribution in [0, 0.1) is 17.1 Å². The van der Waals surface area contributed by atoms with Gasteiger partial charge in [-0.1, -0.05) is 17.7 Å². The molecular weight excluding hydrogens is 253 g/mol. The Balaban J connectivity index is 2.44. The van der Waals surface area contributed by atoms with E-state index >= 15 is 0 Å². The molecule has 0 bridgehead atoms. The van der Waals surface area contributed by atoms with Crippen LogP contribution in [-0.2, 0) is 0 Å². The van der Waals surface area contributed by atoms with Crippen molar-refractivity contribution in [1.82, 2.24) is 0 Å². The van der Waals surface area contributed by atoms with E-state index in [1.54, 1.807) is 30.3 Å². The first-order chi connectivity index (χ1) is 8.61. The van der Waals surface area contributed by atoms with Crippen molar-refractivity contribution in [2.75, 3.05) is 11.1 Å². The topological polar surface area (TPSA) is 61.8 Å². The Labute approximate surface area is 109 Å². The van der Waals surface area contributed by atoms with Crippen LogP contribution in [0.4, 0.5) is 21.5 Å². The predicted molar refractivity (Wildman–Crippen MR) is 70.3 cm³/mol. The molecule has 0 unspecified atom stereocenters. The van der Waals surface area contributed by atoms with E-state index in [4.69, 9.17) is 22.6 Å². The van der Waals surface area contributed by atoms with E-state index < -0.39 is 5.82 Å². The maximum absolute atomic E-state index is 13.4. The van der Waals surface area contributed by atoms with Crippen LogP contribution in [0.3, 0.4) is 0 Å². The molecule has 0 saturated heterocycles. The minimum Gasteiger partial charge on any atom is -0.399 e. The molecule has 0 aromatic heterocycles. The lowest BCUT2D eigenvalue weighted by molar-refractivity contribution is 0.624. The first-order valence-electron chi connectivity index (χ1n) is 5.12. The Bertz CT molecular complexity index is 635. The number of anilines is 3. The van der Waals surface area contributed by atoms with Crippen molar-refractivity contribution < 1.29 is 4.39 Å². The SMILES string of the molecule is N#Cc1c(F)cccc1Nc1cc(N)ccc1Cl. The minimum absolute atomic E-state index is 0.0593. The second kappa shape index (κ2) is 4.94. The van der Waals surface area contributed by atoms with Gasteiger partial charge in [-0.05, 0) is 30.3 Å². The fraction of sp³-hybridized carbons (Fsp3) is 0. The summed E-state index contributed by atoms with van der Waals surface area (Å²) >= 11 is 5.99. The van der Waals surface area contributed by atoms with Gasteiger partial charge >= 0.3 is 0 Å². The number of hydrogen-bond donors (Lipinski definition) is 2. The molecule has 90 valence electrons. The van der Waals surface area contributed by atoms with Crippen molar-refractivity contribution in [2.45, 2.75) is 0 Å². The summed E-state index contributed by atoms with van der Waals surface area (Å²) in [6, 6.07) is 11.1. The molecular formula is C13H9ClFN3. The summed E-state index contributed by atoms with van der Waals surface area (Å²) in [5, 5.41) is 12.3. The molecule has 0 radical (unpaired) electrons. The molecule has 0 atom stereocenters. The quantitative estimate of drug-likeness (QED) is 0.811. The molecule has 0 saturated carbocycles. The number of nitrogens with one attached hydrogen (secondary N) is 1. The van der Waals surface area contributed by atoms with E-state index in [-0.39, 0.29) is 5.56 Å². The van der Waals surface area contributed by atoms with Gasteiger partial charge in [0, 0.05) is 5.69 Å². The zero-order valence-electron chi connectivity index (χ0n) is 9.24. The summed E-state index contributed by atoms with van der Waals surface area (Å²) in [6.45, 7) is 0. The van der Waals surface area contributed by atoms with Gasteiger partial charge < -0.3 is 11.1 Å². The molecule has 0 amide bonds. The Morgan fingerprint density at radius 3 is 2.72 bits per heavy atom. The summed E-state index contributed by atoms with van der Waals surface area (Å²) in [5.41, 5.74) is 6.99. The van der Waals surface area contributed by atoms with E-state index in [1.807, 2.05) is 0 Å². The Hall–Kier alpha value is -2.25. The van der Waals surface area contributed by atoms with E-state index in [0.717, 1.165) is 0 Å². The number of nitrogen functional groups attached to an aromatic ring is 1. The lowest BCUT2D eigenvalue weighted by Gasteiger charge is -2.10. The molecule has 2 aromatic carbocycles. The lowest BCUT2D eigenvalue weighted by Crippen LogP contribution is -1.97. The standard InChI is InChI=1S/C13H9ClFN3/c14-10-5-4-8(17)6-13(10)18-12-3-1-2-11(15)9(12)7-16/h1-6,18H,17H2. The smallest absolute Gasteiger partial charge is 0.143 e. The largest absolute Gasteiger partial charge is 0.399 e. The first-order valence-corrected chi connectivity index (χ1v) is 5.50. The highest BCUT2D eigenvalue weighted by Gasteiger charge is 2.09. The van der Waals surface area contributed by atoms with Gasteiger partial charge in [-0.25, -0.2) is 4.39 Å². The second-order valence-electron chi connectivity index (χ2n) is 3.64. The Kier molecular flexibility index (Phi) is 3.35. The van der Waals surface area contributed by atoms with Crippen molar-refractivity contribution >= 4 is 28.7 Å². The highest BCUT2D eigenvalue weighted by atomic mass is 35.5. The van der Waals surface area contributed by atoms with Crippen molar-refractivity contribution in [3.05, 3.63) is 52.8 Å². The third-order valence-corrected chi connectivity index (χ3v) is 2.71. The van der Waals surface area contributed by atoms with Crippen LogP contribution in [0.25, 0.3) is 0 Å². The van der Waals surface area contributed by atoms with Gasteiger partial charge in [0.2, 0.25) is 0 Å². The fourth-order valence-corrected chi connectivity index (χ4v) is 1.69. The Morgan fingerprint density at radius 2 is 2.00 bits per heavy atom. The highest BCUT2D eigenvalue weighted by molar-refractivity contribution is 6.33. The van der Waals surface area contributed by atoms with Gasteiger partial charge in [-0.3, -0.25) is 0 Å². The van der Waals surface area contributed by atoms with Gasteiger partial charge in [-0.2, -0.15) is 5.26 Å². The molecule has 0 spiro atoms. The van der Waals surface area contributed by atoms with Crippen molar-refractivity contribution in [2.24, 2.45) is 0 Å². The number of nitrogens with two attached hydrogens (primary N) is 1. The van der Waals surface area contributed by atoms with Crippen LogP contribution < -0.4 is 11.1 Å². The third-order valence-electron chi connectivity index (χ3n) is 2.39. The maximum atomic E-state index is 13.4. The number of rotatable bonds is 2. The summed E-state index contributed by atoms with van der Waals surface area (Å²) < 4.78 is 13.4. The molecule has 0 fully saturated rings. The van der Waals surface area contributed by atoms with Gasteiger partial charge in [0.1, 0.15) is 17.4 Å². The van der Waals surface area contributed by atoms with Gasteiger partial charge in [0.25, 0.3) is 0 Å². The number of hydrogen-bond acceptors (Lipinski definition) is 3. The lowest BCUT2D eigenvalue weighted by atomic mass is 10.1. The third kappa shape index (κ3) is 2.36. The summed E-state index contributed by atoms with van der Waals surface area (Å²) in [4.78, 5) is 0. The first kappa shape index (κ1) is 12.2. The zero-order chi connectivity index (χ0) is 13.1. The zero-order valence-corrected chi connectivity index (χ0v) is 10.0. The van der Waals surface area contributed by atoms with Gasteiger partial charge in [0.15, 0.2) is 0 Å². The van der Waals surface area contributed by atoms with Crippen molar-refractivity contribution in [1.29, 1.82) is 5.26 Å². The van der Waals surface area contributed by atoms with Crippen LogP contribution in [-0.4, -0.2) is 0 Å². The van der Waals surface area contributed by atoms with Crippen LogP contribution in [0.5, 0.6) is 0 Å². The number of benzene rings is 2. The minimum atomic E-state index is -0.581. The predicted octanol–water partition coefficient (Wildman–Crippen LogP) is 3.68. The molecule has 3 nitrogen and oxygen atoms in total. The normalized spacial score (nSPS) is 9.83. The second-order valence-corrected chi connectivity index (χ2v) is 4.05. The molecule has 0 heterocycles. The maximum Gasteiger partial charge on any atom is 0.143 e. The van der Waals surface area contributed by atoms with Gasteiger partial charge in [0.05, 0.1) is 16.4 Å². The van der Waals surface area contributed by atoms with Gasteiger partial charge in [-0.15, -0.1) is 0 Å². The molecule has 0 aliphatic carbocycles. The summed E-state index contributed by atoms with van der Waals surface area (Å²) in [5.74, 6) is -0.581. The van der Waals surface area contributed by atoms with Crippen LogP contribution in [0.2, 0.25) is 5.02 Å². The van der Waals surface area contributed by atoms with Crippen molar-refractivity contribution in [3.8, 4) is 6.07 Å². The monoisotopic (exact) mass is 261 g/mol. The van der Waals surface area contributed by atoms with E-state index in [0.29, 0.717) is 22.1 Å². The van der Waals surface area contributed by atoms with Crippen LogP contribution >= 0.6 is 11.6 Å². The molecule has 5 heteroatoms. The Morgan fingerprint density at radius 1 is 1.22 bits per heavy atom. The van der Waals surface area contributed by atoms with E-state index in [9.17, 15) is 4.39 Å². The number of halogens is 2. The molecule has 0 aliphatic heterocycles. The van der Waals surface area contributed by atoms with Crippen molar-refractivity contribution in [3.63, 3.8) is 0 Å². The van der Waals surface area contributed by atoms with Crippen LogP contribution in [0.1, 0.15) is 5.56 Å². The summed E-state index contributed by atoms with van der Waals surface area (Å²) in [7, 11) is 0. The average molecular weight is 262 g/mol. The molecule has 2 rings (SSSR count). The number of nitriles is 1. The average Bonchev–Trinajstić information content (AvgIpc) is 2.34. The highest BCUT2D eigenvalue weighted by Crippen LogP contribution is 2.29. The van der Waals surface area contributed by atoms with E-state index in [2.05, 4.69) is 5.32 Å². The number of nitrogens with zero attached hydrogens (tertiary/aromatic N) is 1. The summed E-state index contributed by atoms with van der Waals surface area (Å²) in [6.07, 6.45) is 0. The molecule has 18 heavy (non-hydrogen) atoms.